The van der Waals surface area contributed by atoms with E-state index in [2.05, 4.69) is 6.92 Å². The van der Waals surface area contributed by atoms with Gasteiger partial charge in [-0.25, -0.2) is 0 Å². The van der Waals surface area contributed by atoms with Crippen LogP contribution in [0.4, 0.5) is 0 Å². The Bertz CT molecular complexity index is 265. The predicted octanol–water partition coefficient (Wildman–Crippen LogP) is 1.90. The fourth-order valence-corrected chi connectivity index (χ4v) is 2.81. The number of carbonyl (C=O) groups is 1. The lowest BCUT2D eigenvalue weighted by molar-refractivity contribution is -0.135. The van der Waals surface area contributed by atoms with Crippen molar-refractivity contribution in [1.29, 1.82) is 0 Å². The topological polar surface area (TPSA) is 46.3 Å². The molecule has 3 nitrogen and oxygen atoms in total. The first-order valence-electron chi connectivity index (χ1n) is 6.63. The molecule has 0 aliphatic heterocycles. The van der Waals surface area contributed by atoms with Gasteiger partial charge in [-0.2, -0.15) is 0 Å². The summed E-state index contributed by atoms with van der Waals surface area (Å²) in [5.41, 5.74) is 5.47. The highest BCUT2D eigenvalue weighted by molar-refractivity contribution is 5.89. The molecule has 0 unspecified atom stereocenters. The third-order valence-electron chi connectivity index (χ3n) is 4.48. The molecule has 1 amide bonds. The Labute approximate surface area is 98.4 Å². The fourth-order valence-electron chi connectivity index (χ4n) is 2.81. The minimum atomic E-state index is -0.490. The largest absolute Gasteiger partial charge is 0.341 e. The molecule has 0 aromatic carbocycles. The first-order chi connectivity index (χ1) is 7.57. The van der Waals surface area contributed by atoms with Crippen LogP contribution in [0.2, 0.25) is 0 Å². The van der Waals surface area contributed by atoms with Crippen molar-refractivity contribution in [3.05, 3.63) is 0 Å². The van der Waals surface area contributed by atoms with Gasteiger partial charge in [0.2, 0.25) is 5.91 Å². The van der Waals surface area contributed by atoms with Gasteiger partial charge in [-0.3, -0.25) is 4.79 Å². The van der Waals surface area contributed by atoms with Crippen LogP contribution in [0, 0.1) is 5.92 Å². The van der Waals surface area contributed by atoms with Crippen molar-refractivity contribution in [2.75, 3.05) is 7.05 Å². The number of likely N-dealkylation sites (N-methyl/N-ethyl adjacent to an activating group) is 1. The van der Waals surface area contributed by atoms with E-state index in [1.807, 2.05) is 11.9 Å². The summed E-state index contributed by atoms with van der Waals surface area (Å²) in [5.74, 6) is 1.06. The molecule has 0 aromatic rings. The molecule has 2 aliphatic carbocycles. The van der Waals surface area contributed by atoms with Crippen molar-refractivity contribution in [1.82, 2.24) is 4.90 Å². The maximum absolute atomic E-state index is 12.1. The fraction of sp³-hybridized carbons (Fsp3) is 0.923. The molecule has 0 saturated heterocycles. The molecular formula is C13H24N2O. The van der Waals surface area contributed by atoms with Gasteiger partial charge >= 0.3 is 0 Å². The highest BCUT2D eigenvalue weighted by atomic mass is 16.2. The smallest absolute Gasteiger partial charge is 0.242 e. The van der Waals surface area contributed by atoms with Gasteiger partial charge in [0.15, 0.2) is 0 Å². The number of carbonyl (C=O) groups excluding carboxylic acids is 1. The number of hydrogen-bond donors (Lipinski definition) is 1. The van der Waals surface area contributed by atoms with E-state index in [-0.39, 0.29) is 5.91 Å². The zero-order valence-electron chi connectivity index (χ0n) is 10.5. The third-order valence-corrected chi connectivity index (χ3v) is 4.48. The summed E-state index contributed by atoms with van der Waals surface area (Å²) < 4.78 is 0. The Morgan fingerprint density at radius 3 is 2.31 bits per heavy atom. The molecule has 3 heteroatoms. The lowest BCUT2D eigenvalue weighted by Gasteiger charge is -2.35. The van der Waals surface area contributed by atoms with E-state index in [0.29, 0.717) is 6.04 Å². The van der Waals surface area contributed by atoms with Crippen LogP contribution in [0.1, 0.15) is 51.9 Å². The molecule has 2 aliphatic rings. The summed E-state index contributed by atoms with van der Waals surface area (Å²) in [5, 5.41) is 0. The second-order valence-corrected chi connectivity index (χ2v) is 5.65. The van der Waals surface area contributed by atoms with Gasteiger partial charge in [-0.1, -0.05) is 13.3 Å². The predicted molar refractivity (Wildman–Crippen MR) is 65.0 cm³/mol. The maximum atomic E-state index is 12.1. The van der Waals surface area contributed by atoms with E-state index in [1.54, 1.807) is 0 Å². The highest BCUT2D eigenvalue weighted by Gasteiger charge is 2.48. The van der Waals surface area contributed by atoms with E-state index in [0.717, 1.165) is 31.6 Å². The molecule has 2 rings (SSSR count). The first kappa shape index (κ1) is 11.9. The van der Waals surface area contributed by atoms with Crippen LogP contribution in [0.25, 0.3) is 0 Å². The monoisotopic (exact) mass is 224 g/mol. The zero-order valence-corrected chi connectivity index (χ0v) is 10.5. The van der Waals surface area contributed by atoms with Crippen molar-refractivity contribution < 1.29 is 4.79 Å². The van der Waals surface area contributed by atoms with Crippen LogP contribution in [0.3, 0.4) is 0 Å². The molecule has 0 bridgehead atoms. The van der Waals surface area contributed by atoms with E-state index < -0.39 is 5.54 Å². The Hall–Kier alpha value is -0.570. The number of amides is 1. The summed E-state index contributed by atoms with van der Waals surface area (Å²) in [6.07, 6.45) is 7.91. The van der Waals surface area contributed by atoms with E-state index in [1.165, 1.54) is 19.3 Å². The lowest BCUT2D eigenvalue weighted by Crippen LogP contribution is -2.49. The van der Waals surface area contributed by atoms with Crippen LogP contribution in [0.15, 0.2) is 0 Å². The van der Waals surface area contributed by atoms with Gasteiger partial charge in [0, 0.05) is 13.1 Å². The summed E-state index contributed by atoms with van der Waals surface area (Å²) >= 11 is 0. The summed E-state index contributed by atoms with van der Waals surface area (Å²) in [6, 6.07) is 0.441. The Kier molecular flexibility index (Phi) is 3.24. The molecule has 0 radical (unpaired) electrons. The van der Waals surface area contributed by atoms with Gasteiger partial charge in [-0.05, 0) is 44.4 Å². The molecule has 92 valence electrons. The normalized spacial score (nSPS) is 32.2. The number of nitrogens with zero attached hydrogens (tertiary/aromatic N) is 1. The Morgan fingerprint density at radius 1 is 1.31 bits per heavy atom. The van der Waals surface area contributed by atoms with Gasteiger partial charge in [0.05, 0.1) is 5.54 Å². The molecule has 2 fully saturated rings. The molecule has 0 spiro atoms. The average Bonchev–Trinajstić information content (AvgIpc) is 3.07. The van der Waals surface area contributed by atoms with Gasteiger partial charge in [0.25, 0.3) is 0 Å². The second-order valence-electron chi connectivity index (χ2n) is 5.65. The SMILES string of the molecule is CCC1CCC(N(C)C(=O)C2(N)CC2)CC1. The van der Waals surface area contributed by atoms with Crippen LogP contribution < -0.4 is 5.73 Å². The van der Waals surface area contributed by atoms with Gasteiger partial charge in [-0.15, -0.1) is 0 Å². The summed E-state index contributed by atoms with van der Waals surface area (Å²) in [6.45, 7) is 2.26. The van der Waals surface area contributed by atoms with Crippen molar-refractivity contribution in [3.8, 4) is 0 Å². The van der Waals surface area contributed by atoms with Crippen LogP contribution in [-0.2, 0) is 4.79 Å². The minimum Gasteiger partial charge on any atom is -0.341 e. The number of hydrogen-bond acceptors (Lipinski definition) is 2. The zero-order chi connectivity index (χ0) is 11.8. The number of rotatable bonds is 3. The number of nitrogens with two attached hydrogens (primary N) is 1. The van der Waals surface area contributed by atoms with Gasteiger partial charge < -0.3 is 10.6 Å². The standard InChI is InChI=1S/C13H24N2O/c1-3-10-4-6-11(7-5-10)15(2)12(16)13(14)8-9-13/h10-11H,3-9,14H2,1-2H3. The Morgan fingerprint density at radius 2 is 1.88 bits per heavy atom. The van der Waals surface area contributed by atoms with Crippen molar-refractivity contribution >= 4 is 5.91 Å². The molecule has 0 atom stereocenters. The van der Waals surface area contributed by atoms with E-state index in [4.69, 9.17) is 5.73 Å². The second kappa shape index (κ2) is 4.36. The minimum absolute atomic E-state index is 0.174. The lowest BCUT2D eigenvalue weighted by atomic mass is 9.84. The highest BCUT2D eigenvalue weighted by Crippen LogP contribution is 2.36. The van der Waals surface area contributed by atoms with Crippen molar-refractivity contribution in [2.24, 2.45) is 11.7 Å². The Balaban J connectivity index is 1.86. The third kappa shape index (κ3) is 2.24. The van der Waals surface area contributed by atoms with E-state index in [9.17, 15) is 4.79 Å². The summed E-state index contributed by atoms with van der Waals surface area (Å²) in [7, 11) is 1.94. The molecule has 0 aromatic heterocycles. The first-order valence-corrected chi connectivity index (χ1v) is 6.63. The van der Waals surface area contributed by atoms with E-state index >= 15 is 0 Å². The van der Waals surface area contributed by atoms with Crippen LogP contribution in [-0.4, -0.2) is 29.4 Å². The molecular weight excluding hydrogens is 200 g/mol. The molecule has 0 heterocycles. The quantitative estimate of drug-likeness (QED) is 0.796. The van der Waals surface area contributed by atoms with Crippen molar-refractivity contribution in [3.63, 3.8) is 0 Å². The molecule has 2 saturated carbocycles. The molecule has 2 N–H and O–H groups in total. The van der Waals surface area contributed by atoms with Gasteiger partial charge in [0.1, 0.15) is 0 Å². The average molecular weight is 224 g/mol. The molecule has 16 heavy (non-hydrogen) atoms. The maximum Gasteiger partial charge on any atom is 0.242 e. The van der Waals surface area contributed by atoms with Crippen LogP contribution in [0.5, 0.6) is 0 Å². The summed E-state index contributed by atoms with van der Waals surface area (Å²) in [4.78, 5) is 14.0. The van der Waals surface area contributed by atoms with Crippen molar-refractivity contribution in [2.45, 2.75) is 63.5 Å². The van der Waals surface area contributed by atoms with Crippen LogP contribution >= 0.6 is 0 Å².